The maximum absolute atomic E-state index is 12.4. The SMILES string of the molecule is CCCCCCCCCCCCOC1C(=O)N(C)C(=O)N1CCCCCCCC. The van der Waals surface area contributed by atoms with Crippen molar-refractivity contribution in [2.45, 2.75) is 123 Å². The molecule has 0 N–H and O–H groups in total. The fourth-order valence-electron chi connectivity index (χ4n) is 3.91. The van der Waals surface area contributed by atoms with E-state index in [1.54, 1.807) is 11.9 Å². The molecule has 0 saturated carbocycles. The molecule has 5 nitrogen and oxygen atoms in total. The lowest BCUT2D eigenvalue weighted by molar-refractivity contribution is -0.141. The standard InChI is InChI=1S/C24H46N2O3/c1-4-6-8-10-12-13-14-15-17-19-21-29-23-22(27)25(3)24(28)26(23)20-18-16-11-9-7-5-2/h23H,4-21H2,1-3H3. The van der Waals surface area contributed by atoms with Gasteiger partial charge < -0.3 is 4.74 Å². The zero-order valence-corrected chi connectivity index (χ0v) is 19.4. The maximum atomic E-state index is 12.4. The minimum absolute atomic E-state index is 0.211. The Morgan fingerprint density at radius 2 is 1.14 bits per heavy atom. The van der Waals surface area contributed by atoms with E-state index in [0.717, 1.165) is 25.7 Å². The predicted molar refractivity (Wildman–Crippen MR) is 120 cm³/mol. The molecule has 1 fully saturated rings. The molecule has 3 amide bonds. The van der Waals surface area contributed by atoms with Gasteiger partial charge in [0.1, 0.15) is 0 Å². The summed E-state index contributed by atoms with van der Waals surface area (Å²) in [7, 11) is 1.56. The second-order valence-corrected chi connectivity index (χ2v) is 8.55. The molecule has 0 radical (unpaired) electrons. The van der Waals surface area contributed by atoms with E-state index in [1.807, 2.05) is 0 Å². The summed E-state index contributed by atoms with van der Waals surface area (Å²) in [5.74, 6) is -0.215. The van der Waals surface area contributed by atoms with E-state index >= 15 is 0 Å². The van der Waals surface area contributed by atoms with Crippen molar-refractivity contribution in [3.8, 4) is 0 Å². The van der Waals surface area contributed by atoms with Gasteiger partial charge in [0, 0.05) is 20.2 Å². The number of likely N-dealkylation sites (N-methyl/N-ethyl adjacent to an activating group) is 1. The second kappa shape index (κ2) is 16.7. The summed E-state index contributed by atoms with van der Waals surface area (Å²) in [5, 5.41) is 0. The van der Waals surface area contributed by atoms with E-state index in [9.17, 15) is 9.59 Å². The van der Waals surface area contributed by atoms with Crippen LogP contribution in [0.2, 0.25) is 0 Å². The van der Waals surface area contributed by atoms with Crippen LogP contribution in [0.15, 0.2) is 0 Å². The highest BCUT2D eigenvalue weighted by Gasteiger charge is 2.43. The Balaban J connectivity index is 2.16. The third-order valence-electron chi connectivity index (χ3n) is 5.88. The Labute approximate surface area is 179 Å². The van der Waals surface area contributed by atoms with Crippen LogP contribution in [-0.2, 0) is 9.53 Å². The number of carbonyl (C=O) groups excluding carboxylic acids is 2. The zero-order valence-electron chi connectivity index (χ0n) is 19.4. The first kappa shape index (κ1) is 25.9. The number of rotatable bonds is 19. The first-order valence-corrected chi connectivity index (χ1v) is 12.3. The Kier molecular flexibility index (Phi) is 14.9. The molecule has 29 heavy (non-hydrogen) atoms. The summed E-state index contributed by atoms with van der Waals surface area (Å²) in [5.41, 5.74) is 0. The topological polar surface area (TPSA) is 49.9 Å². The van der Waals surface area contributed by atoms with Gasteiger partial charge in [0.15, 0.2) is 0 Å². The minimum Gasteiger partial charge on any atom is -0.349 e. The molecular formula is C24H46N2O3. The lowest BCUT2D eigenvalue weighted by Gasteiger charge is -2.21. The zero-order chi connectivity index (χ0) is 21.3. The summed E-state index contributed by atoms with van der Waals surface area (Å²) in [6.45, 7) is 5.63. The Hall–Kier alpha value is -1.10. The van der Waals surface area contributed by atoms with E-state index in [1.165, 1.54) is 81.9 Å². The number of unbranched alkanes of at least 4 members (excludes halogenated alkanes) is 14. The van der Waals surface area contributed by atoms with Crippen molar-refractivity contribution in [1.29, 1.82) is 0 Å². The van der Waals surface area contributed by atoms with Crippen molar-refractivity contribution in [2.75, 3.05) is 20.2 Å². The highest BCUT2D eigenvalue weighted by atomic mass is 16.5. The molecule has 1 aliphatic rings. The molecule has 0 aromatic heterocycles. The average molecular weight is 411 g/mol. The molecule has 0 spiro atoms. The molecule has 5 heteroatoms. The van der Waals surface area contributed by atoms with Crippen LogP contribution in [0.3, 0.4) is 0 Å². The quantitative estimate of drug-likeness (QED) is 0.180. The fourth-order valence-corrected chi connectivity index (χ4v) is 3.91. The third-order valence-corrected chi connectivity index (χ3v) is 5.88. The van der Waals surface area contributed by atoms with E-state index < -0.39 is 6.23 Å². The van der Waals surface area contributed by atoms with E-state index in [4.69, 9.17) is 4.74 Å². The van der Waals surface area contributed by atoms with Crippen molar-refractivity contribution in [3.05, 3.63) is 0 Å². The van der Waals surface area contributed by atoms with E-state index in [0.29, 0.717) is 13.2 Å². The van der Waals surface area contributed by atoms with Crippen molar-refractivity contribution in [3.63, 3.8) is 0 Å². The summed E-state index contributed by atoms with van der Waals surface area (Å²) in [6, 6.07) is -0.211. The molecular weight excluding hydrogens is 364 g/mol. The minimum atomic E-state index is -0.707. The number of nitrogens with zero attached hydrogens (tertiary/aromatic N) is 2. The molecule has 1 saturated heterocycles. The van der Waals surface area contributed by atoms with Crippen LogP contribution >= 0.6 is 0 Å². The molecule has 1 unspecified atom stereocenters. The molecule has 1 rings (SSSR count). The van der Waals surface area contributed by atoms with Crippen LogP contribution in [0, 0.1) is 0 Å². The number of hydrogen-bond acceptors (Lipinski definition) is 3. The van der Waals surface area contributed by atoms with Gasteiger partial charge in [-0.1, -0.05) is 104 Å². The smallest absolute Gasteiger partial charge is 0.329 e. The predicted octanol–water partition coefficient (Wildman–Crippen LogP) is 6.50. The van der Waals surface area contributed by atoms with E-state index in [-0.39, 0.29) is 11.9 Å². The Morgan fingerprint density at radius 3 is 1.66 bits per heavy atom. The second-order valence-electron chi connectivity index (χ2n) is 8.55. The van der Waals surface area contributed by atoms with Crippen LogP contribution in [-0.4, -0.2) is 48.2 Å². The molecule has 1 atom stereocenters. The van der Waals surface area contributed by atoms with Crippen LogP contribution in [0.4, 0.5) is 4.79 Å². The molecule has 1 heterocycles. The number of imide groups is 1. The molecule has 0 aromatic carbocycles. The monoisotopic (exact) mass is 410 g/mol. The maximum Gasteiger partial charge on any atom is 0.329 e. The number of amides is 3. The van der Waals surface area contributed by atoms with Gasteiger partial charge in [-0.05, 0) is 12.8 Å². The number of hydrogen-bond donors (Lipinski definition) is 0. The Morgan fingerprint density at radius 1 is 0.690 bits per heavy atom. The van der Waals surface area contributed by atoms with Crippen molar-refractivity contribution >= 4 is 11.9 Å². The van der Waals surface area contributed by atoms with Gasteiger partial charge in [0.25, 0.3) is 5.91 Å². The van der Waals surface area contributed by atoms with Crippen LogP contribution in [0.5, 0.6) is 0 Å². The normalized spacial score (nSPS) is 17.0. The number of ether oxygens (including phenoxy) is 1. The molecule has 0 bridgehead atoms. The lowest BCUT2D eigenvalue weighted by Crippen LogP contribution is -2.38. The van der Waals surface area contributed by atoms with Gasteiger partial charge in [0.2, 0.25) is 6.23 Å². The van der Waals surface area contributed by atoms with Crippen molar-refractivity contribution in [1.82, 2.24) is 9.80 Å². The van der Waals surface area contributed by atoms with Crippen molar-refractivity contribution in [2.24, 2.45) is 0 Å². The summed E-state index contributed by atoms with van der Waals surface area (Å²) in [6.07, 6.45) is 19.0. The molecule has 0 aliphatic carbocycles. The molecule has 0 aromatic rings. The largest absolute Gasteiger partial charge is 0.349 e. The Bertz CT molecular complexity index is 442. The fraction of sp³-hybridized carbons (Fsp3) is 0.917. The third kappa shape index (κ3) is 10.5. The number of urea groups is 1. The molecule has 170 valence electrons. The van der Waals surface area contributed by atoms with Gasteiger partial charge in [0.05, 0.1) is 0 Å². The first-order chi connectivity index (χ1) is 14.1. The average Bonchev–Trinajstić information content (AvgIpc) is 2.92. The number of carbonyl (C=O) groups is 2. The van der Waals surface area contributed by atoms with Gasteiger partial charge in [-0.25, -0.2) is 4.79 Å². The highest BCUT2D eigenvalue weighted by molar-refractivity contribution is 6.03. The lowest BCUT2D eigenvalue weighted by atomic mass is 10.1. The van der Waals surface area contributed by atoms with Gasteiger partial charge in [-0.2, -0.15) is 0 Å². The van der Waals surface area contributed by atoms with Gasteiger partial charge in [-0.3, -0.25) is 14.6 Å². The van der Waals surface area contributed by atoms with Gasteiger partial charge >= 0.3 is 6.03 Å². The van der Waals surface area contributed by atoms with Crippen LogP contribution in [0.1, 0.15) is 117 Å². The summed E-state index contributed by atoms with van der Waals surface area (Å²) in [4.78, 5) is 27.5. The van der Waals surface area contributed by atoms with Gasteiger partial charge in [-0.15, -0.1) is 0 Å². The molecule has 1 aliphatic heterocycles. The van der Waals surface area contributed by atoms with Crippen molar-refractivity contribution < 1.29 is 14.3 Å². The summed E-state index contributed by atoms with van der Waals surface area (Å²) < 4.78 is 5.85. The van der Waals surface area contributed by atoms with Crippen LogP contribution in [0.25, 0.3) is 0 Å². The highest BCUT2D eigenvalue weighted by Crippen LogP contribution is 2.19. The van der Waals surface area contributed by atoms with E-state index in [2.05, 4.69) is 13.8 Å². The summed E-state index contributed by atoms with van der Waals surface area (Å²) >= 11 is 0. The van der Waals surface area contributed by atoms with Crippen LogP contribution < -0.4 is 0 Å². The first-order valence-electron chi connectivity index (χ1n) is 12.3.